The zero-order chi connectivity index (χ0) is 15.0. The van der Waals surface area contributed by atoms with Crippen LogP contribution in [-0.2, 0) is 14.3 Å². The smallest absolute Gasteiger partial charge is 0.413 e. The molecule has 1 aliphatic heterocycles. The summed E-state index contributed by atoms with van der Waals surface area (Å²) in [7, 11) is 0. The van der Waals surface area contributed by atoms with Gasteiger partial charge in [-0.2, -0.15) is 0 Å². The summed E-state index contributed by atoms with van der Waals surface area (Å²) in [5.41, 5.74) is -1.47. The molecular formula is C13H22BrNO4. The zero-order valence-corrected chi connectivity index (χ0v) is 13.9. The van der Waals surface area contributed by atoms with E-state index in [2.05, 4.69) is 15.9 Å². The van der Waals surface area contributed by atoms with Crippen LogP contribution >= 0.6 is 15.9 Å². The molecule has 0 aromatic heterocycles. The molecule has 0 unspecified atom stereocenters. The Hall–Kier alpha value is -0.620. The van der Waals surface area contributed by atoms with Crippen LogP contribution in [0.25, 0.3) is 0 Å². The van der Waals surface area contributed by atoms with Gasteiger partial charge in [-0.25, -0.2) is 4.79 Å². The van der Waals surface area contributed by atoms with Gasteiger partial charge in [0.15, 0.2) is 5.78 Å². The Bertz CT molecular complexity index is 375. The molecule has 19 heavy (non-hydrogen) atoms. The second kappa shape index (κ2) is 5.40. The van der Waals surface area contributed by atoms with E-state index < -0.39 is 23.5 Å². The molecule has 110 valence electrons. The highest BCUT2D eigenvalue weighted by atomic mass is 79.9. The normalized spacial score (nSPS) is 26.4. The van der Waals surface area contributed by atoms with Gasteiger partial charge in [-0.3, -0.25) is 9.69 Å². The molecule has 1 fully saturated rings. The number of ketones is 1. The summed E-state index contributed by atoms with van der Waals surface area (Å²) in [5.74, 6) is -0.0936. The minimum atomic E-state index is -0.857. The Morgan fingerprint density at radius 1 is 1.37 bits per heavy atom. The maximum Gasteiger partial charge on any atom is 0.413 e. The average molecular weight is 336 g/mol. The fraction of sp³-hybridized carbons (Fsp3) is 0.846. The first-order chi connectivity index (χ1) is 8.49. The highest BCUT2D eigenvalue weighted by Crippen LogP contribution is 2.34. The molecule has 1 amide bonds. The third-order valence-electron chi connectivity index (χ3n) is 2.83. The predicted octanol–water partition coefficient (Wildman–Crippen LogP) is 2.71. The van der Waals surface area contributed by atoms with E-state index in [0.717, 1.165) is 0 Å². The minimum absolute atomic E-state index is 0.0936. The maximum absolute atomic E-state index is 12.3. The van der Waals surface area contributed by atoms with Crippen LogP contribution in [0.5, 0.6) is 0 Å². The lowest BCUT2D eigenvalue weighted by molar-refractivity contribution is -0.122. The molecule has 1 heterocycles. The van der Waals surface area contributed by atoms with Crippen molar-refractivity contribution in [1.29, 1.82) is 0 Å². The van der Waals surface area contributed by atoms with Gasteiger partial charge >= 0.3 is 6.09 Å². The van der Waals surface area contributed by atoms with Crippen molar-refractivity contribution in [3.8, 4) is 0 Å². The van der Waals surface area contributed by atoms with Gasteiger partial charge < -0.3 is 9.47 Å². The van der Waals surface area contributed by atoms with E-state index in [-0.39, 0.29) is 17.2 Å². The summed E-state index contributed by atoms with van der Waals surface area (Å²) >= 11 is 3.14. The maximum atomic E-state index is 12.3. The van der Waals surface area contributed by atoms with Gasteiger partial charge in [0.2, 0.25) is 0 Å². The van der Waals surface area contributed by atoms with Crippen LogP contribution in [0.15, 0.2) is 0 Å². The molecule has 0 bridgehead atoms. The Kier molecular flexibility index (Phi) is 4.67. The number of alkyl halides is 1. The van der Waals surface area contributed by atoms with E-state index in [4.69, 9.17) is 9.47 Å². The van der Waals surface area contributed by atoms with Crippen molar-refractivity contribution in [3.63, 3.8) is 0 Å². The summed E-state index contributed by atoms with van der Waals surface area (Å²) in [6, 6.07) is -0.621. The first-order valence-electron chi connectivity index (χ1n) is 6.28. The number of nitrogens with zero attached hydrogens (tertiary/aromatic N) is 1. The van der Waals surface area contributed by atoms with E-state index in [9.17, 15) is 9.59 Å². The van der Waals surface area contributed by atoms with Crippen molar-refractivity contribution in [3.05, 3.63) is 0 Å². The second-order valence-electron chi connectivity index (χ2n) is 6.16. The van der Waals surface area contributed by atoms with Gasteiger partial charge in [0.1, 0.15) is 17.4 Å². The first-order valence-corrected chi connectivity index (χ1v) is 7.40. The number of carbonyl (C=O) groups is 2. The Morgan fingerprint density at radius 3 is 2.32 bits per heavy atom. The number of hydrogen-bond donors (Lipinski definition) is 0. The van der Waals surface area contributed by atoms with Gasteiger partial charge in [0.25, 0.3) is 0 Å². The monoisotopic (exact) mass is 335 g/mol. The van der Waals surface area contributed by atoms with Crippen molar-refractivity contribution in [2.24, 2.45) is 0 Å². The van der Waals surface area contributed by atoms with Crippen molar-refractivity contribution < 1.29 is 19.1 Å². The van der Waals surface area contributed by atoms with E-state index in [1.165, 1.54) is 4.90 Å². The Labute approximate surface area is 122 Å². The van der Waals surface area contributed by atoms with Crippen LogP contribution in [0.1, 0.15) is 41.5 Å². The Morgan fingerprint density at radius 2 is 1.89 bits per heavy atom. The molecule has 0 spiro atoms. The number of amides is 1. The van der Waals surface area contributed by atoms with E-state index >= 15 is 0 Å². The molecule has 0 aromatic carbocycles. The summed E-state index contributed by atoms with van der Waals surface area (Å²) in [6.07, 6.45) is -0.881. The zero-order valence-electron chi connectivity index (χ0n) is 12.3. The summed E-state index contributed by atoms with van der Waals surface area (Å²) < 4.78 is 11.1. The number of halogens is 1. The number of hydrogen-bond acceptors (Lipinski definition) is 4. The molecule has 0 aromatic rings. The molecule has 5 nitrogen and oxygen atoms in total. The predicted molar refractivity (Wildman–Crippen MR) is 75.3 cm³/mol. The van der Waals surface area contributed by atoms with Crippen LogP contribution in [0, 0.1) is 0 Å². The van der Waals surface area contributed by atoms with Gasteiger partial charge in [-0.05, 0) is 41.5 Å². The lowest BCUT2D eigenvalue weighted by Crippen LogP contribution is -2.53. The molecule has 0 aliphatic carbocycles. The topological polar surface area (TPSA) is 55.8 Å². The van der Waals surface area contributed by atoms with Crippen molar-refractivity contribution in [2.75, 3.05) is 5.33 Å². The SMILES string of the molecule is C[C@H]1OC(C)(C)N(C(=O)OC(C)(C)C)[C@@H]1C(=O)CBr. The van der Waals surface area contributed by atoms with Crippen LogP contribution < -0.4 is 0 Å². The second-order valence-corrected chi connectivity index (χ2v) is 6.73. The summed E-state index contributed by atoms with van der Waals surface area (Å²) in [5, 5.41) is 0.181. The van der Waals surface area contributed by atoms with Crippen LogP contribution in [0.2, 0.25) is 0 Å². The van der Waals surface area contributed by atoms with Crippen LogP contribution in [0.3, 0.4) is 0 Å². The van der Waals surface area contributed by atoms with Gasteiger partial charge in [-0.1, -0.05) is 15.9 Å². The Balaban J connectivity index is 3.04. The summed E-state index contributed by atoms with van der Waals surface area (Å²) in [6.45, 7) is 10.7. The fourth-order valence-electron chi connectivity index (χ4n) is 2.25. The third-order valence-corrected chi connectivity index (χ3v) is 3.38. The molecule has 1 saturated heterocycles. The fourth-order valence-corrected chi connectivity index (χ4v) is 2.58. The van der Waals surface area contributed by atoms with Gasteiger partial charge in [0, 0.05) is 0 Å². The highest BCUT2D eigenvalue weighted by molar-refractivity contribution is 9.09. The van der Waals surface area contributed by atoms with E-state index in [0.29, 0.717) is 0 Å². The molecule has 2 atom stereocenters. The molecule has 1 rings (SSSR count). The molecule has 0 saturated carbocycles. The lowest BCUT2D eigenvalue weighted by Gasteiger charge is -2.34. The summed E-state index contributed by atoms with van der Waals surface area (Å²) in [4.78, 5) is 25.7. The van der Waals surface area contributed by atoms with Crippen molar-refractivity contribution >= 4 is 27.8 Å². The molecule has 0 radical (unpaired) electrons. The van der Waals surface area contributed by atoms with Crippen molar-refractivity contribution in [2.45, 2.75) is 65.0 Å². The molecule has 1 aliphatic rings. The minimum Gasteiger partial charge on any atom is -0.444 e. The number of Topliss-reactive ketones (excluding diaryl/α,β-unsaturated/α-hetero) is 1. The average Bonchev–Trinajstić information content (AvgIpc) is 2.44. The highest BCUT2D eigenvalue weighted by Gasteiger charge is 2.52. The number of rotatable bonds is 2. The van der Waals surface area contributed by atoms with Crippen LogP contribution in [0.4, 0.5) is 4.79 Å². The molecule has 6 heteroatoms. The largest absolute Gasteiger partial charge is 0.444 e. The lowest BCUT2D eigenvalue weighted by atomic mass is 10.1. The molecular weight excluding hydrogens is 314 g/mol. The van der Waals surface area contributed by atoms with E-state index in [1.807, 2.05) is 0 Å². The number of carbonyl (C=O) groups excluding carboxylic acids is 2. The van der Waals surface area contributed by atoms with E-state index in [1.54, 1.807) is 41.5 Å². The quantitative estimate of drug-likeness (QED) is 0.728. The first kappa shape index (κ1) is 16.4. The van der Waals surface area contributed by atoms with Gasteiger partial charge in [-0.15, -0.1) is 0 Å². The third kappa shape index (κ3) is 3.69. The number of ether oxygens (including phenoxy) is 2. The standard InChI is InChI=1S/C13H22BrNO4/c1-8-10(9(16)7-14)15(13(5,6)18-8)11(17)19-12(2,3)4/h8,10H,7H2,1-6H3/t8-,10+/m1/s1. The van der Waals surface area contributed by atoms with Crippen LogP contribution in [-0.4, -0.2) is 45.6 Å². The van der Waals surface area contributed by atoms with Gasteiger partial charge in [0.05, 0.1) is 11.4 Å². The molecule has 0 N–H and O–H groups in total. The van der Waals surface area contributed by atoms with Crippen molar-refractivity contribution in [1.82, 2.24) is 4.90 Å².